The number of hydrogen-bond acceptors (Lipinski definition) is 3. The highest BCUT2D eigenvalue weighted by Gasteiger charge is 2.23. The number of hydrogen-bond donors (Lipinski definition) is 2. The van der Waals surface area contributed by atoms with Crippen molar-refractivity contribution in [2.45, 2.75) is 64.8 Å². The summed E-state index contributed by atoms with van der Waals surface area (Å²) in [6, 6.07) is 7.28. The molecule has 1 amide bonds. The number of aromatic nitrogens is 1. The second-order valence-corrected chi connectivity index (χ2v) is 6.60. The van der Waals surface area contributed by atoms with Crippen LogP contribution in [0.1, 0.15) is 57.9 Å². The molecule has 2 N–H and O–H groups in total. The zero-order valence-electron chi connectivity index (χ0n) is 15.8. The van der Waals surface area contributed by atoms with E-state index in [4.69, 9.17) is 4.74 Å². The van der Waals surface area contributed by atoms with E-state index in [9.17, 15) is 9.59 Å². The molecule has 0 radical (unpaired) electrons. The highest BCUT2D eigenvalue weighted by Crippen LogP contribution is 2.19. The molecule has 0 spiro atoms. The van der Waals surface area contributed by atoms with Crippen LogP contribution in [0, 0.1) is 0 Å². The van der Waals surface area contributed by atoms with Crippen LogP contribution in [0.15, 0.2) is 30.5 Å². The maximum absolute atomic E-state index is 12.3. The van der Waals surface area contributed by atoms with Gasteiger partial charge in [-0.05, 0) is 25.0 Å². The summed E-state index contributed by atoms with van der Waals surface area (Å²) in [4.78, 5) is 27.8. The zero-order chi connectivity index (χ0) is 18.8. The van der Waals surface area contributed by atoms with E-state index in [1.54, 1.807) is 6.92 Å². The first-order valence-corrected chi connectivity index (χ1v) is 9.66. The smallest absolute Gasteiger partial charge is 0.328 e. The Hall–Kier alpha value is -2.30. The van der Waals surface area contributed by atoms with Crippen LogP contribution in [0.25, 0.3) is 10.9 Å². The molecule has 0 saturated heterocycles. The van der Waals surface area contributed by atoms with Crippen molar-refractivity contribution in [1.29, 1.82) is 0 Å². The van der Waals surface area contributed by atoms with Crippen molar-refractivity contribution in [3.8, 4) is 0 Å². The van der Waals surface area contributed by atoms with E-state index in [2.05, 4.69) is 17.2 Å². The van der Waals surface area contributed by atoms with Gasteiger partial charge in [-0.15, -0.1) is 0 Å². The summed E-state index contributed by atoms with van der Waals surface area (Å²) in [5.74, 6) is -0.462. The Bertz CT molecular complexity index is 708. The van der Waals surface area contributed by atoms with Gasteiger partial charge in [0.05, 0.1) is 6.61 Å². The van der Waals surface area contributed by atoms with E-state index < -0.39 is 6.04 Å². The summed E-state index contributed by atoms with van der Waals surface area (Å²) < 4.78 is 5.16. The second kappa shape index (κ2) is 10.6. The van der Waals surface area contributed by atoms with Gasteiger partial charge in [0, 0.05) is 29.9 Å². The van der Waals surface area contributed by atoms with Crippen LogP contribution in [0.2, 0.25) is 0 Å². The number of rotatable bonds is 11. The van der Waals surface area contributed by atoms with Crippen molar-refractivity contribution in [3.63, 3.8) is 0 Å². The minimum absolute atomic E-state index is 0.0839. The Morgan fingerprint density at radius 2 is 1.88 bits per heavy atom. The minimum Gasteiger partial charge on any atom is -0.464 e. The number of unbranched alkanes of at least 4 members (excludes halogenated alkanes) is 4. The first-order chi connectivity index (χ1) is 12.7. The fourth-order valence-corrected chi connectivity index (χ4v) is 3.11. The van der Waals surface area contributed by atoms with E-state index in [-0.39, 0.29) is 11.9 Å². The highest BCUT2D eigenvalue weighted by molar-refractivity contribution is 5.87. The summed E-state index contributed by atoms with van der Waals surface area (Å²) in [6.45, 7) is 4.24. The second-order valence-electron chi connectivity index (χ2n) is 6.60. The summed E-state index contributed by atoms with van der Waals surface area (Å²) in [6.07, 6.45) is 8.21. The molecule has 26 heavy (non-hydrogen) atoms. The van der Waals surface area contributed by atoms with Crippen molar-refractivity contribution in [1.82, 2.24) is 10.3 Å². The lowest BCUT2D eigenvalue weighted by atomic mass is 10.0. The standard InChI is InChI=1S/C21H30N2O3/c1-3-5-6-7-8-13-20(24)23-19(21(25)26-4-2)14-16-15-22-18-12-10-9-11-17(16)18/h9-12,15,19,22H,3-8,13-14H2,1-2H3,(H,23,24). The van der Waals surface area contributed by atoms with Gasteiger partial charge in [-0.1, -0.05) is 50.8 Å². The highest BCUT2D eigenvalue weighted by atomic mass is 16.5. The van der Waals surface area contributed by atoms with Crippen LogP contribution in [0.4, 0.5) is 0 Å². The zero-order valence-corrected chi connectivity index (χ0v) is 15.8. The molecule has 0 aliphatic carbocycles. The first-order valence-electron chi connectivity index (χ1n) is 9.66. The van der Waals surface area contributed by atoms with Crippen LogP contribution in [-0.2, 0) is 20.7 Å². The van der Waals surface area contributed by atoms with E-state index >= 15 is 0 Å². The lowest BCUT2D eigenvalue weighted by molar-refractivity contribution is -0.147. The van der Waals surface area contributed by atoms with Gasteiger partial charge in [0.15, 0.2) is 0 Å². The lowest BCUT2D eigenvalue weighted by Gasteiger charge is -2.17. The van der Waals surface area contributed by atoms with Crippen molar-refractivity contribution >= 4 is 22.8 Å². The Labute approximate surface area is 155 Å². The fraction of sp³-hybridized carbons (Fsp3) is 0.524. The summed E-state index contributed by atoms with van der Waals surface area (Å²) in [5.41, 5.74) is 2.02. The van der Waals surface area contributed by atoms with E-state index in [0.29, 0.717) is 19.4 Å². The largest absolute Gasteiger partial charge is 0.464 e. The number of esters is 1. The molecule has 0 aliphatic rings. The number of benzene rings is 1. The molecule has 1 aromatic heterocycles. The van der Waals surface area contributed by atoms with Gasteiger partial charge in [-0.25, -0.2) is 4.79 Å². The summed E-state index contributed by atoms with van der Waals surface area (Å²) in [7, 11) is 0. The van der Waals surface area contributed by atoms with Crippen LogP contribution < -0.4 is 5.32 Å². The first kappa shape index (κ1) is 20.0. The average Bonchev–Trinajstić information content (AvgIpc) is 3.04. The van der Waals surface area contributed by atoms with Gasteiger partial charge in [0.2, 0.25) is 5.91 Å². The van der Waals surface area contributed by atoms with E-state index in [1.807, 2.05) is 30.5 Å². The van der Waals surface area contributed by atoms with Gasteiger partial charge in [-0.3, -0.25) is 4.79 Å². The number of H-pyrrole nitrogens is 1. The summed E-state index contributed by atoms with van der Waals surface area (Å²) >= 11 is 0. The van der Waals surface area contributed by atoms with Gasteiger partial charge < -0.3 is 15.0 Å². The molecule has 0 saturated carbocycles. The Kier molecular flexibility index (Phi) is 8.19. The Balaban J connectivity index is 1.97. The lowest BCUT2D eigenvalue weighted by Crippen LogP contribution is -2.43. The maximum Gasteiger partial charge on any atom is 0.328 e. The van der Waals surface area contributed by atoms with Crippen LogP contribution in [0.5, 0.6) is 0 Å². The van der Waals surface area contributed by atoms with Gasteiger partial charge >= 0.3 is 5.97 Å². The number of aromatic amines is 1. The predicted octanol–water partition coefficient (Wildman–Crippen LogP) is 4.12. The number of carbonyl (C=O) groups excluding carboxylic acids is 2. The third kappa shape index (κ3) is 5.90. The minimum atomic E-state index is -0.655. The van der Waals surface area contributed by atoms with E-state index in [1.165, 1.54) is 12.8 Å². The normalized spacial score (nSPS) is 12.1. The molecule has 2 aromatic rings. The number of amides is 1. The molecule has 2 rings (SSSR count). The third-order valence-corrected chi connectivity index (χ3v) is 4.51. The number of ether oxygens (including phenoxy) is 1. The van der Waals surface area contributed by atoms with Gasteiger partial charge in [0.1, 0.15) is 6.04 Å². The molecular weight excluding hydrogens is 328 g/mol. The number of para-hydroxylation sites is 1. The number of fused-ring (bicyclic) bond motifs is 1. The molecule has 5 nitrogen and oxygen atoms in total. The maximum atomic E-state index is 12.3. The molecular formula is C21H30N2O3. The van der Waals surface area contributed by atoms with Crippen LogP contribution in [0.3, 0.4) is 0 Å². The predicted molar refractivity (Wildman–Crippen MR) is 104 cm³/mol. The Morgan fingerprint density at radius 1 is 1.12 bits per heavy atom. The fourth-order valence-electron chi connectivity index (χ4n) is 3.11. The third-order valence-electron chi connectivity index (χ3n) is 4.51. The molecule has 1 atom stereocenters. The molecule has 1 aromatic carbocycles. The quantitative estimate of drug-likeness (QED) is 0.469. The molecule has 0 bridgehead atoms. The SMILES string of the molecule is CCCCCCCC(=O)NC(Cc1c[nH]c2ccccc12)C(=O)OCC. The van der Waals surface area contributed by atoms with Crippen molar-refractivity contribution in [2.75, 3.05) is 6.61 Å². The molecule has 1 unspecified atom stereocenters. The summed E-state index contributed by atoms with van der Waals surface area (Å²) in [5, 5.41) is 3.93. The average molecular weight is 358 g/mol. The Morgan fingerprint density at radius 3 is 2.65 bits per heavy atom. The molecule has 5 heteroatoms. The number of nitrogens with one attached hydrogen (secondary N) is 2. The van der Waals surface area contributed by atoms with Crippen molar-refractivity contribution in [3.05, 3.63) is 36.0 Å². The van der Waals surface area contributed by atoms with E-state index in [0.717, 1.165) is 35.7 Å². The van der Waals surface area contributed by atoms with Crippen molar-refractivity contribution < 1.29 is 14.3 Å². The molecule has 1 heterocycles. The molecule has 142 valence electrons. The molecule has 0 aliphatic heterocycles. The number of carbonyl (C=O) groups is 2. The van der Waals surface area contributed by atoms with Crippen molar-refractivity contribution in [2.24, 2.45) is 0 Å². The van der Waals surface area contributed by atoms with Crippen LogP contribution >= 0.6 is 0 Å². The van der Waals surface area contributed by atoms with Gasteiger partial charge in [-0.2, -0.15) is 0 Å². The monoisotopic (exact) mass is 358 g/mol. The molecule has 0 fully saturated rings. The van der Waals surface area contributed by atoms with Crippen LogP contribution in [-0.4, -0.2) is 29.5 Å². The van der Waals surface area contributed by atoms with Gasteiger partial charge in [0.25, 0.3) is 0 Å². The topological polar surface area (TPSA) is 71.2 Å².